The molecular formula is C20H18N6OS. The van der Waals surface area contributed by atoms with E-state index in [1.165, 1.54) is 11.3 Å². The molecule has 1 saturated heterocycles. The normalized spacial score (nSPS) is 14.6. The summed E-state index contributed by atoms with van der Waals surface area (Å²) < 4.78 is 1.83. The molecule has 0 atom stereocenters. The molecule has 1 amide bonds. The fraction of sp³-hybridized carbons (Fsp3) is 0.200. The van der Waals surface area contributed by atoms with Crippen LogP contribution in [-0.4, -0.2) is 56.7 Å². The van der Waals surface area contributed by atoms with E-state index in [0.717, 1.165) is 40.5 Å². The van der Waals surface area contributed by atoms with Gasteiger partial charge in [0.2, 0.25) is 0 Å². The number of benzene rings is 1. The molecule has 4 aromatic rings. The monoisotopic (exact) mass is 390 g/mol. The van der Waals surface area contributed by atoms with E-state index < -0.39 is 0 Å². The number of hydrogen-bond donors (Lipinski definition) is 0. The van der Waals surface area contributed by atoms with Gasteiger partial charge < -0.3 is 9.80 Å². The summed E-state index contributed by atoms with van der Waals surface area (Å²) in [5.74, 6) is 0.981. The van der Waals surface area contributed by atoms with Crippen LogP contribution in [0.25, 0.3) is 16.7 Å². The number of rotatable bonds is 3. The van der Waals surface area contributed by atoms with Gasteiger partial charge in [0.15, 0.2) is 5.65 Å². The predicted molar refractivity (Wildman–Crippen MR) is 109 cm³/mol. The number of amides is 1. The average molecular weight is 390 g/mol. The lowest BCUT2D eigenvalue weighted by Gasteiger charge is -2.35. The molecule has 0 N–H and O–H groups in total. The summed E-state index contributed by atoms with van der Waals surface area (Å²) in [6.45, 7) is 2.82. The number of aromatic nitrogens is 4. The molecule has 3 aromatic heterocycles. The fourth-order valence-corrected chi connectivity index (χ4v) is 4.21. The molecule has 4 heterocycles. The van der Waals surface area contributed by atoms with Crippen molar-refractivity contribution in [3.63, 3.8) is 0 Å². The van der Waals surface area contributed by atoms with Crippen molar-refractivity contribution < 1.29 is 4.79 Å². The standard InChI is InChI=1S/C20H18N6OS/c27-20(17-7-4-12-28-17)25-10-8-24(9-11-25)18-16-13-23-26(19(16)22-14-21-18)15-5-2-1-3-6-15/h1-7,12-14H,8-11H2. The predicted octanol–water partition coefficient (Wildman–Crippen LogP) is 2.84. The fourth-order valence-electron chi connectivity index (χ4n) is 3.52. The Kier molecular flexibility index (Phi) is 4.25. The summed E-state index contributed by atoms with van der Waals surface area (Å²) in [5.41, 5.74) is 1.75. The lowest BCUT2D eigenvalue weighted by Crippen LogP contribution is -2.49. The van der Waals surface area contributed by atoms with E-state index in [1.54, 1.807) is 6.33 Å². The van der Waals surface area contributed by atoms with Crippen LogP contribution in [0.4, 0.5) is 5.82 Å². The molecule has 0 radical (unpaired) electrons. The van der Waals surface area contributed by atoms with E-state index >= 15 is 0 Å². The Morgan fingerprint density at radius 1 is 0.964 bits per heavy atom. The SMILES string of the molecule is O=C(c1cccs1)N1CCN(c2ncnc3c2cnn3-c2ccccc2)CC1. The third-order valence-corrected chi connectivity index (χ3v) is 5.80. The molecule has 0 aliphatic carbocycles. The van der Waals surface area contributed by atoms with Crippen molar-refractivity contribution in [2.24, 2.45) is 0 Å². The minimum Gasteiger partial charge on any atom is -0.352 e. The zero-order valence-electron chi connectivity index (χ0n) is 15.1. The molecule has 1 aromatic carbocycles. The van der Waals surface area contributed by atoms with Crippen LogP contribution < -0.4 is 4.90 Å². The summed E-state index contributed by atoms with van der Waals surface area (Å²) >= 11 is 1.49. The molecule has 0 saturated carbocycles. The number of carbonyl (C=O) groups excluding carboxylic acids is 1. The summed E-state index contributed by atoms with van der Waals surface area (Å²) in [7, 11) is 0. The number of para-hydroxylation sites is 1. The van der Waals surface area contributed by atoms with Crippen LogP contribution in [0.15, 0.2) is 60.4 Å². The largest absolute Gasteiger partial charge is 0.352 e. The van der Waals surface area contributed by atoms with Crippen molar-refractivity contribution in [1.82, 2.24) is 24.6 Å². The number of carbonyl (C=O) groups is 1. The van der Waals surface area contributed by atoms with E-state index in [9.17, 15) is 4.79 Å². The molecule has 7 nitrogen and oxygen atoms in total. The molecule has 140 valence electrons. The highest BCUT2D eigenvalue weighted by molar-refractivity contribution is 7.12. The van der Waals surface area contributed by atoms with E-state index in [2.05, 4.69) is 20.0 Å². The van der Waals surface area contributed by atoms with Crippen molar-refractivity contribution in [2.45, 2.75) is 0 Å². The topological polar surface area (TPSA) is 67.2 Å². The van der Waals surface area contributed by atoms with Gasteiger partial charge in [0.1, 0.15) is 12.1 Å². The van der Waals surface area contributed by atoms with Crippen molar-refractivity contribution in [3.8, 4) is 5.69 Å². The second-order valence-corrected chi connectivity index (χ2v) is 7.53. The first-order chi connectivity index (χ1) is 13.8. The number of anilines is 1. The highest BCUT2D eigenvalue weighted by Gasteiger charge is 2.25. The molecule has 1 aliphatic heterocycles. The Labute approximate surface area is 165 Å². The van der Waals surface area contributed by atoms with Crippen LogP contribution in [0.1, 0.15) is 9.67 Å². The van der Waals surface area contributed by atoms with Crippen molar-refractivity contribution in [2.75, 3.05) is 31.1 Å². The van der Waals surface area contributed by atoms with Gasteiger partial charge in [-0.05, 0) is 23.6 Å². The van der Waals surface area contributed by atoms with E-state index in [0.29, 0.717) is 13.1 Å². The number of fused-ring (bicyclic) bond motifs is 1. The second kappa shape index (κ2) is 7.05. The summed E-state index contributed by atoms with van der Waals surface area (Å²) in [6, 6.07) is 13.7. The van der Waals surface area contributed by atoms with E-state index in [4.69, 9.17) is 0 Å². The zero-order valence-corrected chi connectivity index (χ0v) is 15.9. The minimum absolute atomic E-state index is 0.111. The molecule has 28 heavy (non-hydrogen) atoms. The zero-order chi connectivity index (χ0) is 18.9. The summed E-state index contributed by atoms with van der Waals surface area (Å²) in [5, 5.41) is 7.38. The third-order valence-electron chi connectivity index (χ3n) is 4.94. The van der Waals surface area contributed by atoms with Crippen LogP contribution in [0.5, 0.6) is 0 Å². The first kappa shape index (κ1) is 16.9. The van der Waals surface area contributed by atoms with Crippen LogP contribution in [0, 0.1) is 0 Å². The molecule has 1 fully saturated rings. The Bertz CT molecular complexity index is 1100. The smallest absolute Gasteiger partial charge is 0.264 e. The summed E-state index contributed by atoms with van der Waals surface area (Å²) in [6.07, 6.45) is 3.41. The van der Waals surface area contributed by atoms with Gasteiger partial charge in [-0.2, -0.15) is 5.10 Å². The Morgan fingerprint density at radius 3 is 2.54 bits per heavy atom. The first-order valence-electron chi connectivity index (χ1n) is 9.13. The van der Waals surface area contributed by atoms with Gasteiger partial charge in [-0.25, -0.2) is 14.6 Å². The van der Waals surface area contributed by atoms with Gasteiger partial charge in [0.05, 0.1) is 22.1 Å². The molecule has 0 unspecified atom stereocenters. The maximum Gasteiger partial charge on any atom is 0.264 e. The molecule has 0 bridgehead atoms. The maximum atomic E-state index is 12.6. The molecule has 5 rings (SSSR count). The van der Waals surface area contributed by atoms with Crippen molar-refractivity contribution >= 4 is 34.1 Å². The molecule has 0 spiro atoms. The van der Waals surface area contributed by atoms with Crippen molar-refractivity contribution in [3.05, 3.63) is 65.2 Å². The Morgan fingerprint density at radius 2 is 1.79 bits per heavy atom. The van der Waals surface area contributed by atoms with E-state index in [1.807, 2.05) is 63.6 Å². The number of nitrogens with zero attached hydrogens (tertiary/aromatic N) is 6. The van der Waals surface area contributed by atoms with Crippen LogP contribution in [-0.2, 0) is 0 Å². The number of piperazine rings is 1. The van der Waals surface area contributed by atoms with E-state index in [-0.39, 0.29) is 5.91 Å². The lowest BCUT2D eigenvalue weighted by molar-refractivity contribution is 0.0751. The number of thiophene rings is 1. The first-order valence-corrected chi connectivity index (χ1v) is 10.0. The lowest BCUT2D eigenvalue weighted by atomic mass is 10.2. The quantitative estimate of drug-likeness (QED) is 0.538. The highest BCUT2D eigenvalue weighted by Crippen LogP contribution is 2.26. The third kappa shape index (κ3) is 2.91. The van der Waals surface area contributed by atoms with Crippen molar-refractivity contribution in [1.29, 1.82) is 0 Å². The van der Waals surface area contributed by atoms with Gasteiger partial charge >= 0.3 is 0 Å². The van der Waals surface area contributed by atoms with Gasteiger partial charge in [0, 0.05) is 26.2 Å². The second-order valence-electron chi connectivity index (χ2n) is 6.58. The summed E-state index contributed by atoms with van der Waals surface area (Å²) in [4.78, 5) is 26.4. The number of hydrogen-bond acceptors (Lipinski definition) is 6. The molecular weight excluding hydrogens is 372 g/mol. The minimum atomic E-state index is 0.111. The maximum absolute atomic E-state index is 12.6. The van der Waals surface area contributed by atoms with Gasteiger partial charge in [-0.1, -0.05) is 24.3 Å². The molecule has 1 aliphatic rings. The molecule has 8 heteroatoms. The highest BCUT2D eigenvalue weighted by atomic mass is 32.1. The van der Waals surface area contributed by atoms with Crippen LogP contribution >= 0.6 is 11.3 Å². The average Bonchev–Trinajstić information content (AvgIpc) is 3.44. The van der Waals surface area contributed by atoms with Gasteiger partial charge in [-0.3, -0.25) is 4.79 Å². The Balaban J connectivity index is 1.39. The van der Waals surface area contributed by atoms with Gasteiger partial charge in [-0.15, -0.1) is 11.3 Å². The van der Waals surface area contributed by atoms with Gasteiger partial charge in [0.25, 0.3) is 5.91 Å². The van der Waals surface area contributed by atoms with Crippen LogP contribution in [0.3, 0.4) is 0 Å². The van der Waals surface area contributed by atoms with Crippen LogP contribution in [0.2, 0.25) is 0 Å². The Hall–Kier alpha value is -3.26.